The molecule has 0 atom stereocenters. The van der Waals surface area contributed by atoms with E-state index in [1.54, 1.807) is 31.4 Å². The van der Waals surface area contributed by atoms with Crippen molar-refractivity contribution in [3.63, 3.8) is 0 Å². The van der Waals surface area contributed by atoms with Gasteiger partial charge in [-0.1, -0.05) is 54.6 Å². The molecular weight excluding hydrogens is 418 g/mol. The van der Waals surface area contributed by atoms with Crippen LogP contribution < -0.4 is 4.74 Å². The highest BCUT2D eigenvalue weighted by Crippen LogP contribution is 2.37. The van der Waals surface area contributed by atoms with E-state index in [-0.39, 0.29) is 4.90 Å². The molecular formula is C27H19NO3S. The molecule has 0 fully saturated rings. The molecule has 5 heteroatoms. The molecule has 0 aliphatic rings. The maximum atomic E-state index is 13.7. The Bertz CT molecular complexity index is 1770. The zero-order valence-corrected chi connectivity index (χ0v) is 18.1. The number of benzene rings is 5. The van der Waals surface area contributed by atoms with Crippen LogP contribution in [0, 0.1) is 0 Å². The average Bonchev–Trinajstić information content (AvgIpc) is 3.17. The molecule has 5 aromatic carbocycles. The zero-order chi connectivity index (χ0) is 21.9. The van der Waals surface area contributed by atoms with E-state index in [9.17, 15) is 8.42 Å². The number of ether oxygens (including phenoxy) is 1. The van der Waals surface area contributed by atoms with Crippen LogP contribution in [0.2, 0.25) is 0 Å². The van der Waals surface area contributed by atoms with Crippen LogP contribution in [0.3, 0.4) is 0 Å². The molecule has 0 saturated heterocycles. The highest BCUT2D eigenvalue weighted by Gasteiger charge is 2.23. The first-order chi connectivity index (χ1) is 15.6. The molecule has 0 saturated carbocycles. The van der Waals surface area contributed by atoms with Gasteiger partial charge in [-0.3, -0.25) is 0 Å². The van der Waals surface area contributed by atoms with E-state index in [0.29, 0.717) is 11.0 Å². The fourth-order valence-corrected chi connectivity index (χ4v) is 6.09. The van der Waals surface area contributed by atoms with Crippen molar-refractivity contribution in [3.8, 4) is 5.75 Å². The van der Waals surface area contributed by atoms with Crippen LogP contribution >= 0.6 is 0 Å². The van der Waals surface area contributed by atoms with Gasteiger partial charge in [-0.05, 0) is 64.0 Å². The highest BCUT2D eigenvalue weighted by atomic mass is 32.2. The van der Waals surface area contributed by atoms with E-state index in [2.05, 4.69) is 12.1 Å². The first kappa shape index (κ1) is 18.9. The molecule has 6 aromatic rings. The SMILES string of the molecule is COc1ccc2c(ccc3cc4c(cc32)c2ccccc2n4S(=O)(=O)c2ccccc2)c1. The van der Waals surface area contributed by atoms with Crippen molar-refractivity contribution in [2.75, 3.05) is 7.11 Å². The van der Waals surface area contributed by atoms with E-state index in [0.717, 1.165) is 38.1 Å². The van der Waals surface area contributed by atoms with Gasteiger partial charge in [0.2, 0.25) is 0 Å². The highest BCUT2D eigenvalue weighted by molar-refractivity contribution is 7.90. The second kappa shape index (κ2) is 6.84. The lowest BCUT2D eigenvalue weighted by molar-refractivity contribution is 0.415. The summed E-state index contributed by atoms with van der Waals surface area (Å²) < 4.78 is 34.2. The van der Waals surface area contributed by atoms with Crippen molar-refractivity contribution in [2.45, 2.75) is 4.90 Å². The smallest absolute Gasteiger partial charge is 0.268 e. The number of hydrogen-bond acceptors (Lipinski definition) is 3. The van der Waals surface area contributed by atoms with Gasteiger partial charge in [0.05, 0.1) is 23.0 Å². The van der Waals surface area contributed by atoms with Gasteiger partial charge in [0, 0.05) is 10.8 Å². The average molecular weight is 438 g/mol. The molecule has 0 spiro atoms. The molecule has 0 aliphatic carbocycles. The third-order valence-electron chi connectivity index (χ3n) is 6.07. The van der Waals surface area contributed by atoms with Crippen molar-refractivity contribution in [2.24, 2.45) is 0 Å². The molecule has 0 aliphatic heterocycles. The van der Waals surface area contributed by atoms with Crippen molar-refractivity contribution < 1.29 is 13.2 Å². The Morgan fingerprint density at radius 1 is 0.625 bits per heavy atom. The fourth-order valence-electron chi connectivity index (χ4n) is 4.55. The molecule has 0 bridgehead atoms. The summed E-state index contributed by atoms with van der Waals surface area (Å²) in [4.78, 5) is 0.272. The van der Waals surface area contributed by atoms with Crippen LogP contribution in [-0.4, -0.2) is 19.5 Å². The monoisotopic (exact) mass is 437 g/mol. The zero-order valence-electron chi connectivity index (χ0n) is 17.3. The summed E-state index contributed by atoms with van der Waals surface area (Å²) >= 11 is 0. The second-order valence-corrected chi connectivity index (χ2v) is 9.63. The normalized spacial score (nSPS) is 12.2. The van der Waals surface area contributed by atoms with E-state index < -0.39 is 10.0 Å². The van der Waals surface area contributed by atoms with E-state index in [4.69, 9.17) is 4.74 Å². The van der Waals surface area contributed by atoms with Gasteiger partial charge in [0.25, 0.3) is 10.0 Å². The summed E-state index contributed by atoms with van der Waals surface area (Å²) in [5.74, 6) is 0.809. The molecule has 0 N–H and O–H groups in total. The predicted octanol–water partition coefficient (Wildman–Crippen LogP) is 6.35. The maximum Gasteiger partial charge on any atom is 0.268 e. The van der Waals surface area contributed by atoms with Gasteiger partial charge in [-0.15, -0.1) is 0 Å². The first-order valence-electron chi connectivity index (χ1n) is 10.3. The van der Waals surface area contributed by atoms with Crippen LogP contribution in [0.15, 0.2) is 102 Å². The summed E-state index contributed by atoms with van der Waals surface area (Å²) in [7, 11) is -2.11. The van der Waals surface area contributed by atoms with Gasteiger partial charge in [-0.25, -0.2) is 12.4 Å². The Labute approximate surface area is 185 Å². The quantitative estimate of drug-likeness (QED) is 0.303. The van der Waals surface area contributed by atoms with Gasteiger partial charge in [0.15, 0.2) is 0 Å². The molecule has 1 aromatic heterocycles. The Kier molecular flexibility index (Phi) is 4.04. The second-order valence-electron chi connectivity index (χ2n) is 7.84. The summed E-state index contributed by atoms with van der Waals surface area (Å²) in [6.45, 7) is 0. The molecule has 0 unspecified atom stereocenters. The molecule has 4 nitrogen and oxygen atoms in total. The molecule has 6 rings (SSSR count). The lowest BCUT2D eigenvalue weighted by atomic mass is 9.99. The van der Waals surface area contributed by atoms with Crippen LogP contribution in [-0.2, 0) is 10.0 Å². The fraction of sp³-hybridized carbons (Fsp3) is 0.0370. The standard InChI is InChI=1S/C27H19NO3S/c1-31-20-13-14-22-18(15-20)11-12-19-16-27-25(17-24(19)22)23-9-5-6-10-26(23)28(27)32(29,30)21-7-3-2-4-8-21/h2-17H,1H3. The van der Waals surface area contributed by atoms with Crippen molar-refractivity contribution in [1.29, 1.82) is 0 Å². The Morgan fingerprint density at radius 3 is 2.12 bits per heavy atom. The van der Waals surface area contributed by atoms with Gasteiger partial charge in [-0.2, -0.15) is 0 Å². The van der Waals surface area contributed by atoms with Crippen LogP contribution in [0.25, 0.3) is 43.4 Å². The van der Waals surface area contributed by atoms with Gasteiger partial charge < -0.3 is 4.74 Å². The van der Waals surface area contributed by atoms with E-state index in [1.165, 1.54) is 3.97 Å². The first-order valence-corrected chi connectivity index (χ1v) is 11.8. The van der Waals surface area contributed by atoms with E-state index in [1.807, 2.05) is 60.7 Å². The summed E-state index contributed by atoms with van der Waals surface area (Å²) in [5, 5.41) is 6.08. The number of methoxy groups -OCH3 is 1. The molecule has 156 valence electrons. The van der Waals surface area contributed by atoms with Gasteiger partial charge in [0.1, 0.15) is 5.75 Å². The topological polar surface area (TPSA) is 48.3 Å². The Hall–Kier alpha value is -3.83. The Balaban J connectivity index is 1.76. The third kappa shape index (κ3) is 2.65. The predicted molar refractivity (Wildman–Crippen MR) is 130 cm³/mol. The number of aromatic nitrogens is 1. The minimum absolute atomic E-state index is 0.272. The largest absolute Gasteiger partial charge is 0.497 e. The summed E-state index contributed by atoms with van der Waals surface area (Å²) in [6.07, 6.45) is 0. The minimum Gasteiger partial charge on any atom is -0.497 e. The number of rotatable bonds is 3. The molecule has 32 heavy (non-hydrogen) atoms. The number of fused-ring (bicyclic) bond motifs is 6. The minimum atomic E-state index is -3.77. The number of hydrogen-bond donors (Lipinski definition) is 0. The van der Waals surface area contributed by atoms with E-state index >= 15 is 0 Å². The lowest BCUT2D eigenvalue weighted by Crippen LogP contribution is -2.12. The van der Waals surface area contributed by atoms with Crippen LogP contribution in [0.1, 0.15) is 0 Å². The van der Waals surface area contributed by atoms with Crippen LogP contribution in [0.4, 0.5) is 0 Å². The third-order valence-corrected chi connectivity index (χ3v) is 7.81. The van der Waals surface area contributed by atoms with Crippen molar-refractivity contribution >= 4 is 53.4 Å². The van der Waals surface area contributed by atoms with Crippen molar-refractivity contribution in [1.82, 2.24) is 3.97 Å². The number of nitrogens with zero attached hydrogens (tertiary/aromatic N) is 1. The maximum absolute atomic E-state index is 13.7. The van der Waals surface area contributed by atoms with Gasteiger partial charge >= 0.3 is 0 Å². The molecule has 0 radical (unpaired) electrons. The van der Waals surface area contributed by atoms with Crippen molar-refractivity contribution in [3.05, 3.63) is 97.1 Å². The lowest BCUT2D eigenvalue weighted by Gasteiger charge is -2.10. The Morgan fingerprint density at radius 2 is 1.34 bits per heavy atom. The molecule has 1 heterocycles. The summed E-state index contributed by atoms with van der Waals surface area (Å²) in [6, 6.07) is 30.4. The number of para-hydroxylation sites is 1. The van der Waals surface area contributed by atoms with Crippen LogP contribution in [0.5, 0.6) is 5.75 Å². The summed E-state index contributed by atoms with van der Waals surface area (Å²) in [5.41, 5.74) is 1.35. The molecule has 0 amide bonds.